The summed E-state index contributed by atoms with van der Waals surface area (Å²) in [6, 6.07) is 2.27. The first kappa shape index (κ1) is 17.2. The molecule has 19 heavy (non-hydrogen) atoms. The number of benzene rings is 1. The molecule has 0 aromatic heterocycles. The minimum atomic E-state index is -5.13. The van der Waals surface area contributed by atoms with Crippen LogP contribution in [0.25, 0.3) is 0 Å². The van der Waals surface area contributed by atoms with Gasteiger partial charge in [0.2, 0.25) is 0 Å². The zero-order valence-corrected chi connectivity index (χ0v) is 13.7. The number of rotatable bonds is 3. The van der Waals surface area contributed by atoms with Crippen LogP contribution in [-0.2, 0) is 0 Å². The molecule has 2 rings (SSSR count). The predicted molar refractivity (Wildman–Crippen MR) is 62.5 cm³/mol. The van der Waals surface area contributed by atoms with Crippen LogP contribution < -0.4 is 61.6 Å². The minimum absolute atomic E-state index is 0. The van der Waals surface area contributed by atoms with Crippen LogP contribution in [0.5, 0.6) is 5.75 Å². The van der Waals surface area contributed by atoms with Gasteiger partial charge in [-0.25, -0.2) is 4.39 Å². The van der Waals surface area contributed by atoms with Crippen molar-refractivity contribution in [2.24, 2.45) is 0 Å². The molecule has 0 aliphatic heterocycles. The topological polar surface area (TPSA) is 9.23 Å². The molecule has 0 fully saturated rings. The third-order valence-electron chi connectivity index (χ3n) is 2.82. The molecule has 1 aliphatic carbocycles. The molecule has 1 aromatic rings. The van der Waals surface area contributed by atoms with E-state index in [2.05, 4.69) is 0 Å². The van der Waals surface area contributed by atoms with Crippen LogP contribution in [-0.4, -0.2) is 13.1 Å². The molecular formula is C12H12BF4KO. The molecule has 7 heteroatoms. The Labute approximate surface area is 151 Å². The van der Waals surface area contributed by atoms with Gasteiger partial charge in [0.1, 0.15) is 6.10 Å². The zero-order valence-electron chi connectivity index (χ0n) is 10.6. The van der Waals surface area contributed by atoms with Crippen LogP contribution in [0, 0.1) is 5.82 Å². The average Bonchev–Trinajstić information content (AvgIpc) is 2.32. The van der Waals surface area contributed by atoms with Gasteiger partial charge in [0.25, 0.3) is 0 Å². The second-order valence-electron chi connectivity index (χ2n) is 4.28. The summed E-state index contributed by atoms with van der Waals surface area (Å²) in [5.41, 5.74) is -0.841. The maximum Gasteiger partial charge on any atom is 1.00 e. The monoisotopic (exact) mass is 298 g/mol. The molecule has 0 radical (unpaired) electrons. The summed E-state index contributed by atoms with van der Waals surface area (Å²) in [4.78, 5) is 0. The van der Waals surface area contributed by atoms with Crippen molar-refractivity contribution in [3.63, 3.8) is 0 Å². The first-order valence-electron chi connectivity index (χ1n) is 5.79. The van der Waals surface area contributed by atoms with Crippen molar-refractivity contribution in [1.82, 2.24) is 0 Å². The van der Waals surface area contributed by atoms with Gasteiger partial charge in [-0.1, -0.05) is 12.1 Å². The SMILES string of the molecule is Fc1ccc([B-](F)(F)F)cc1OC1C=CCCC1.[K+]. The summed E-state index contributed by atoms with van der Waals surface area (Å²) < 4.78 is 56.3. The van der Waals surface area contributed by atoms with Gasteiger partial charge < -0.3 is 17.7 Å². The Morgan fingerprint density at radius 2 is 1.95 bits per heavy atom. The number of allylic oxidation sites excluding steroid dienone is 1. The summed E-state index contributed by atoms with van der Waals surface area (Å²) >= 11 is 0. The molecule has 1 atom stereocenters. The van der Waals surface area contributed by atoms with Crippen LogP contribution >= 0.6 is 0 Å². The summed E-state index contributed by atoms with van der Waals surface area (Å²) in [6.45, 7) is -5.13. The molecule has 0 saturated heterocycles. The number of ether oxygens (including phenoxy) is 1. The summed E-state index contributed by atoms with van der Waals surface area (Å²) in [6.07, 6.45) is 5.82. The van der Waals surface area contributed by atoms with Crippen LogP contribution in [0.1, 0.15) is 19.3 Å². The molecule has 1 aliphatic rings. The van der Waals surface area contributed by atoms with E-state index >= 15 is 0 Å². The van der Waals surface area contributed by atoms with E-state index in [4.69, 9.17) is 4.74 Å². The van der Waals surface area contributed by atoms with Gasteiger partial charge in [-0.3, -0.25) is 0 Å². The smallest absolute Gasteiger partial charge is 0.483 e. The molecule has 1 aromatic carbocycles. The van der Waals surface area contributed by atoms with E-state index in [1.807, 2.05) is 6.08 Å². The van der Waals surface area contributed by atoms with Crippen molar-refractivity contribution >= 4 is 12.4 Å². The fourth-order valence-electron chi connectivity index (χ4n) is 1.86. The van der Waals surface area contributed by atoms with Crippen molar-refractivity contribution < 1.29 is 73.5 Å². The second-order valence-corrected chi connectivity index (χ2v) is 4.28. The maximum atomic E-state index is 13.4. The van der Waals surface area contributed by atoms with Gasteiger partial charge >= 0.3 is 58.4 Å². The predicted octanol–water partition coefficient (Wildman–Crippen LogP) is 0.372. The third kappa shape index (κ3) is 4.90. The number of halogens is 4. The second kappa shape index (κ2) is 7.26. The largest absolute Gasteiger partial charge is 1.00 e. The molecule has 0 amide bonds. The third-order valence-corrected chi connectivity index (χ3v) is 2.82. The molecule has 0 saturated carbocycles. The van der Waals surface area contributed by atoms with E-state index in [1.54, 1.807) is 6.08 Å². The van der Waals surface area contributed by atoms with Crippen LogP contribution in [0.2, 0.25) is 0 Å². The van der Waals surface area contributed by atoms with Crippen molar-refractivity contribution in [3.8, 4) is 5.75 Å². The van der Waals surface area contributed by atoms with Crippen LogP contribution in [0.3, 0.4) is 0 Å². The van der Waals surface area contributed by atoms with E-state index < -0.39 is 18.3 Å². The van der Waals surface area contributed by atoms with Crippen molar-refractivity contribution in [3.05, 3.63) is 36.2 Å². The molecule has 1 nitrogen and oxygen atoms in total. The Hall–Kier alpha value is 0.181. The quantitative estimate of drug-likeness (QED) is 0.445. The summed E-state index contributed by atoms with van der Waals surface area (Å²) in [5.74, 6) is -1.10. The van der Waals surface area contributed by atoms with Gasteiger partial charge in [0.05, 0.1) is 0 Å². The van der Waals surface area contributed by atoms with Gasteiger partial charge in [-0.15, -0.1) is 5.46 Å². The van der Waals surface area contributed by atoms with E-state index in [1.165, 1.54) is 0 Å². The molecule has 1 unspecified atom stereocenters. The van der Waals surface area contributed by atoms with E-state index in [9.17, 15) is 17.3 Å². The summed E-state index contributed by atoms with van der Waals surface area (Å²) in [5, 5.41) is 0. The van der Waals surface area contributed by atoms with Crippen molar-refractivity contribution in [2.45, 2.75) is 25.4 Å². The summed E-state index contributed by atoms with van der Waals surface area (Å²) in [7, 11) is 0. The van der Waals surface area contributed by atoms with E-state index in [0.717, 1.165) is 31.0 Å². The fourth-order valence-corrected chi connectivity index (χ4v) is 1.86. The zero-order chi connectivity index (χ0) is 13.2. The Morgan fingerprint density at radius 1 is 1.21 bits per heavy atom. The maximum absolute atomic E-state index is 13.4. The Morgan fingerprint density at radius 3 is 2.53 bits per heavy atom. The first-order valence-corrected chi connectivity index (χ1v) is 5.79. The van der Waals surface area contributed by atoms with Gasteiger partial charge in [0.15, 0.2) is 11.6 Å². The van der Waals surface area contributed by atoms with Gasteiger partial charge in [0, 0.05) is 0 Å². The molecule has 0 spiro atoms. The van der Waals surface area contributed by atoms with E-state index in [-0.39, 0.29) is 63.2 Å². The number of hydrogen-bond acceptors (Lipinski definition) is 1. The Bertz CT molecular complexity index is 462. The van der Waals surface area contributed by atoms with Crippen LogP contribution in [0.4, 0.5) is 17.3 Å². The van der Waals surface area contributed by atoms with E-state index in [0.29, 0.717) is 6.42 Å². The fraction of sp³-hybridized carbons (Fsp3) is 0.333. The molecule has 98 valence electrons. The molecule has 0 bridgehead atoms. The molecule has 0 N–H and O–H groups in total. The van der Waals surface area contributed by atoms with Crippen molar-refractivity contribution in [1.29, 1.82) is 0 Å². The standard InChI is InChI=1S/C12H12BF4O.K/c14-11-7-6-9(13(15,16)17)8-12(11)18-10-4-2-1-3-5-10;/h2,4,6-8,10H,1,3,5H2;/q-1;+1. The van der Waals surface area contributed by atoms with Crippen LogP contribution in [0.15, 0.2) is 30.4 Å². The molecular weight excluding hydrogens is 286 g/mol. The van der Waals surface area contributed by atoms with Gasteiger partial charge in [-0.05, 0) is 37.5 Å². The average molecular weight is 298 g/mol. The van der Waals surface area contributed by atoms with Crippen molar-refractivity contribution in [2.75, 3.05) is 0 Å². The first-order chi connectivity index (χ1) is 8.47. The normalized spacial score (nSPS) is 18.8. The molecule has 0 heterocycles. The van der Waals surface area contributed by atoms with Gasteiger partial charge in [-0.2, -0.15) is 0 Å². The minimum Gasteiger partial charge on any atom is -0.483 e. The number of hydrogen-bond donors (Lipinski definition) is 0. The Kier molecular flexibility index (Phi) is 6.59. The Balaban J connectivity index is 0.00000180.